The Morgan fingerprint density at radius 2 is 1.90 bits per heavy atom. The van der Waals surface area contributed by atoms with E-state index in [2.05, 4.69) is 11.8 Å². The minimum atomic E-state index is -0.875. The molecule has 4 heteroatoms. The predicted octanol–water partition coefficient (Wildman–Crippen LogP) is 3.16. The van der Waals surface area contributed by atoms with Crippen molar-refractivity contribution in [1.82, 2.24) is 0 Å². The summed E-state index contributed by atoms with van der Waals surface area (Å²) < 4.78 is 31.5. The molecule has 0 aliphatic carbocycles. The molecule has 2 nitrogen and oxygen atoms in total. The van der Waals surface area contributed by atoms with Crippen LogP contribution in [0.3, 0.4) is 0 Å². The second-order valence-electron chi connectivity index (χ2n) is 4.52. The third-order valence-electron chi connectivity index (χ3n) is 2.91. The third kappa shape index (κ3) is 4.04. The Kier molecular flexibility index (Phi) is 4.91. The van der Waals surface area contributed by atoms with Crippen molar-refractivity contribution in [2.45, 2.75) is 13.5 Å². The highest BCUT2D eigenvalue weighted by Crippen LogP contribution is 2.18. The van der Waals surface area contributed by atoms with Crippen LogP contribution in [0.5, 0.6) is 5.75 Å². The quantitative estimate of drug-likeness (QED) is 0.880. The lowest BCUT2D eigenvalue weighted by atomic mass is 10.1. The molecule has 0 saturated heterocycles. The number of ether oxygens (including phenoxy) is 1. The summed E-state index contributed by atoms with van der Waals surface area (Å²) in [5, 5.41) is 0. The molecule has 2 aromatic rings. The number of benzene rings is 2. The standard InChI is InChI=1S/C17H15F2NO/c1-12-9-15(6-5-14(12)3-2-8-20)21-11-13-4-7-16(18)17(19)10-13/h4-7,9-10H,8,11,20H2,1H3. The van der Waals surface area contributed by atoms with E-state index in [-0.39, 0.29) is 6.61 Å². The molecule has 0 heterocycles. The van der Waals surface area contributed by atoms with Gasteiger partial charge in [0.05, 0.1) is 6.54 Å². The zero-order valence-corrected chi connectivity index (χ0v) is 11.6. The number of nitrogens with two attached hydrogens (primary N) is 1. The maximum absolute atomic E-state index is 13.1. The van der Waals surface area contributed by atoms with E-state index in [1.54, 1.807) is 6.07 Å². The molecule has 0 atom stereocenters. The minimum absolute atomic E-state index is 0.171. The van der Waals surface area contributed by atoms with Crippen LogP contribution < -0.4 is 10.5 Å². The number of hydrogen-bond acceptors (Lipinski definition) is 2. The third-order valence-corrected chi connectivity index (χ3v) is 2.91. The molecule has 0 unspecified atom stereocenters. The van der Waals surface area contributed by atoms with Gasteiger partial charge in [-0.15, -0.1) is 0 Å². The Balaban J connectivity index is 2.06. The molecule has 0 aromatic heterocycles. The van der Waals surface area contributed by atoms with Gasteiger partial charge in [-0.25, -0.2) is 8.78 Å². The van der Waals surface area contributed by atoms with Crippen LogP contribution in [-0.2, 0) is 6.61 Å². The van der Waals surface area contributed by atoms with E-state index in [9.17, 15) is 8.78 Å². The molecule has 0 bridgehead atoms. The van der Waals surface area contributed by atoms with Gasteiger partial charge in [-0.2, -0.15) is 0 Å². The van der Waals surface area contributed by atoms with Gasteiger partial charge in [-0.05, 0) is 48.4 Å². The lowest BCUT2D eigenvalue weighted by molar-refractivity contribution is 0.305. The Morgan fingerprint density at radius 3 is 2.57 bits per heavy atom. The summed E-state index contributed by atoms with van der Waals surface area (Å²) >= 11 is 0. The highest BCUT2D eigenvalue weighted by Gasteiger charge is 2.04. The van der Waals surface area contributed by atoms with Crippen molar-refractivity contribution < 1.29 is 13.5 Å². The molecule has 0 amide bonds. The lowest BCUT2D eigenvalue weighted by Gasteiger charge is -2.08. The monoisotopic (exact) mass is 287 g/mol. The fourth-order valence-corrected chi connectivity index (χ4v) is 1.81. The highest BCUT2D eigenvalue weighted by atomic mass is 19.2. The van der Waals surface area contributed by atoms with Crippen LogP contribution in [0, 0.1) is 30.4 Å². The molecule has 2 aromatic carbocycles. The summed E-state index contributed by atoms with van der Waals surface area (Å²) in [6, 6.07) is 9.19. The van der Waals surface area contributed by atoms with Gasteiger partial charge in [0.25, 0.3) is 0 Å². The second kappa shape index (κ2) is 6.87. The first kappa shape index (κ1) is 15.0. The molecule has 2 rings (SSSR count). The number of aryl methyl sites for hydroxylation is 1. The van der Waals surface area contributed by atoms with Gasteiger partial charge in [0.1, 0.15) is 12.4 Å². The van der Waals surface area contributed by atoms with E-state index in [0.717, 1.165) is 23.3 Å². The maximum atomic E-state index is 13.1. The number of halogens is 2. The summed E-state index contributed by atoms with van der Waals surface area (Å²) in [4.78, 5) is 0. The van der Waals surface area contributed by atoms with Crippen LogP contribution in [0.2, 0.25) is 0 Å². The molecule has 0 saturated carbocycles. The van der Waals surface area contributed by atoms with Gasteiger partial charge >= 0.3 is 0 Å². The van der Waals surface area contributed by atoms with Gasteiger partial charge in [0.15, 0.2) is 11.6 Å². The van der Waals surface area contributed by atoms with Crippen LogP contribution in [0.25, 0.3) is 0 Å². The predicted molar refractivity (Wildman–Crippen MR) is 77.8 cm³/mol. The molecule has 0 spiro atoms. The first-order valence-corrected chi connectivity index (χ1v) is 6.46. The average molecular weight is 287 g/mol. The fourth-order valence-electron chi connectivity index (χ4n) is 1.81. The fraction of sp³-hybridized carbons (Fsp3) is 0.176. The molecule has 0 aliphatic heterocycles. The average Bonchev–Trinajstić information content (AvgIpc) is 2.47. The van der Waals surface area contributed by atoms with Gasteiger partial charge in [-0.3, -0.25) is 0 Å². The van der Waals surface area contributed by atoms with Crippen molar-refractivity contribution >= 4 is 0 Å². The van der Waals surface area contributed by atoms with Crippen LogP contribution in [0.1, 0.15) is 16.7 Å². The van der Waals surface area contributed by atoms with E-state index >= 15 is 0 Å². The van der Waals surface area contributed by atoms with Gasteiger partial charge in [-0.1, -0.05) is 17.9 Å². The molecular weight excluding hydrogens is 272 g/mol. The van der Waals surface area contributed by atoms with Crippen LogP contribution >= 0.6 is 0 Å². The van der Waals surface area contributed by atoms with Crippen LogP contribution in [0.4, 0.5) is 8.78 Å². The van der Waals surface area contributed by atoms with Gasteiger partial charge in [0, 0.05) is 5.56 Å². The Bertz CT molecular complexity index is 702. The van der Waals surface area contributed by atoms with Crippen molar-refractivity contribution in [3.05, 3.63) is 64.7 Å². The molecule has 2 N–H and O–H groups in total. The minimum Gasteiger partial charge on any atom is -0.489 e. The molecule has 0 fully saturated rings. The van der Waals surface area contributed by atoms with E-state index in [1.807, 2.05) is 19.1 Å². The van der Waals surface area contributed by atoms with E-state index in [1.165, 1.54) is 6.07 Å². The SMILES string of the molecule is Cc1cc(OCc2ccc(F)c(F)c2)ccc1C#CCN. The van der Waals surface area contributed by atoms with Gasteiger partial charge in [0.2, 0.25) is 0 Å². The first-order valence-electron chi connectivity index (χ1n) is 6.46. The van der Waals surface area contributed by atoms with Crippen LogP contribution in [-0.4, -0.2) is 6.54 Å². The zero-order valence-electron chi connectivity index (χ0n) is 11.6. The molecule has 0 aliphatic rings. The summed E-state index contributed by atoms with van der Waals surface area (Å²) in [6.07, 6.45) is 0. The summed E-state index contributed by atoms with van der Waals surface area (Å²) in [5.74, 6) is 4.67. The second-order valence-corrected chi connectivity index (χ2v) is 4.52. The zero-order chi connectivity index (χ0) is 15.2. The summed E-state index contributed by atoms with van der Waals surface area (Å²) in [7, 11) is 0. The van der Waals surface area contributed by atoms with Crippen molar-refractivity contribution in [2.24, 2.45) is 5.73 Å². The highest BCUT2D eigenvalue weighted by molar-refractivity contribution is 5.44. The molecule has 21 heavy (non-hydrogen) atoms. The van der Waals surface area contributed by atoms with Crippen LogP contribution in [0.15, 0.2) is 36.4 Å². The number of hydrogen-bond donors (Lipinski definition) is 1. The summed E-state index contributed by atoms with van der Waals surface area (Å²) in [6.45, 7) is 2.41. The van der Waals surface area contributed by atoms with Crippen molar-refractivity contribution in [3.8, 4) is 17.6 Å². The van der Waals surface area contributed by atoms with E-state index < -0.39 is 11.6 Å². The number of rotatable bonds is 3. The van der Waals surface area contributed by atoms with E-state index in [4.69, 9.17) is 10.5 Å². The topological polar surface area (TPSA) is 35.2 Å². The Hall–Kier alpha value is -2.38. The van der Waals surface area contributed by atoms with Gasteiger partial charge < -0.3 is 10.5 Å². The Morgan fingerprint density at radius 1 is 1.10 bits per heavy atom. The molecule has 0 radical (unpaired) electrons. The van der Waals surface area contributed by atoms with Crippen molar-refractivity contribution in [2.75, 3.05) is 6.54 Å². The lowest BCUT2D eigenvalue weighted by Crippen LogP contribution is -1.98. The summed E-state index contributed by atoms with van der Waals surface area (Å²) in [5.41, 5.74) is 7.76. The maximum Gasteiger partial charge on any atom is 0.159 e. The normalized spacial score (nSPS) is 9.90. The Labute approximate surface area is 122 Å². The van der Waals surface area contributed by atoms with E-state index in [0.29, 0.717) is 17.9 Å². The first-order chi connectivity index (χ1) is 10.1. The van der Waals surface area contributed by atoms with Crippen molar-refractivity contribution in [1.29, 1.82) is 0 Å². The molecule has 108 valence electrons. The molecular formula is C17H15F2NO. The largest absolute Gasteiger partial charge is 0.489 e. The smallest absolute Gasteiger partial charge is 0.159 e. The van der Waals surface area contributed by atoms with Crippen molar-refractivity contribution in [3.63, 3.8) is 0 Å².